The van der Waals surface area contributed by atoms with Crippen LogP contribution in [0.2, 0.25) is 0 Å². The van der Waals surface area contributed by atoms with Crippen LogP contribution in [0.1, 0.15) is 5.56 Å². The predicted octanol–water partition coefficient (Wildman–Crippen LogP) is 12.6. The molecule has 0 atom stereocenters. The van der Waals surface area contributed by atoms with Gasteiger partial charge in [0.25, 0.3) is 0 Å². The van der Waals surface area contributed by atoms with Gasteiger partial charge in [-0.05, 0) is 60.2 Å². The number of benzene rings is 8. The maximum atomic E-state index is 10.2. The lowest BCUT2D eigenvalue weighted by Crippen LogP contribution is -2.04. The van der Waals surface area contributed by atoms with E-state index in [9.17, 15) is 5.26 Å². The Morgan fingerprint density at radius 2 is 0.810 bits per heavy atom. The minimum absolute atomic E-state index is 0.488. The summed E-state index contributed by atoms with van der Waals surface area (Å²) in [5.41, 5.74) is 11.7. The SMILES string of the molecule is N#Cc1ccc(-n2c3ccccc3c3cc(-c4ccccc4-n4c5ccccc5c5ccccc54)ccc32)c(-c2nc(-c3ccccc3)nc(-c3ccccc3)n2)c1. The Kier molecular flexibility index (Phi) is 7.76. The summed E-state index contributed by atoms with van der Waals surface area (Å²) < 4.78 is 4.66. The van der Waals surface area contributed by atoms with E-state index in [1.54, 1.807) is 0 Å². The number of hydrogen-bond donors (Lipinski definition) is 0. The van der Waals surface area contributed by atoms with Gasteiger partial charge in [0.1, 0.15) is 0 Å². The Morgan fingerprint density at radius 3 is 1.40 bits per heavy atom. The minimum atomic E-state index is 0.488. The van der Waals surface area contributed by atoms with E-state index in [-0.39, 0.29) is 0 Å². The summed E-state index contributed by atoms with van der Waals surface area (Å²) in [6.45, 7) is 0. The highest BCUT2D eigenvalue weighted by molar-refractivity contribution is 6.12. The van der Waals surface area contributed by atoms with Crippen molar-refractivity contribution in [3.05, 3.63) is 200 Å². The molecule has 3 aromatic heterocycles. The molecule has 11 aromatic rings. The molecule has 0 amide bonds. The molecule has 0 spiro atoms. The molecular weight excluding hydrogens is 709 g/mol. The van der Waals surface area contributed by atoms with Gasteiger partial charge < -0.3 is 9.13 Å². The van der Waals surface area contributed by atoms with Crippen molar-refractivity contribution >= 4 is 43.6 Å². The first-order valence-corrected chi connectivity index (χ1v) is 19.3. The van der Waals surface area contributed by atoms with E-state index < -0.39 is 0 Å². The first-order valence-electron chi connectivity index (χ1n) is 19.3. The van der Waals surface area contributed by atoms with Crippen molar-refractivity contribution in [1.29, 1.82) is 5.26 Å². The standard InChI is InChI=1S/C52H32N6/c53-33-34-27-29-49(43(31-34)52-55-50(35-15-3-1-4-16-35)54-51(56-52)36-17-5-2-6-18-36)58-47-26-14-10-22-41(47)42-32-37(28-30-48(42)58)38-19-7-11-23-44(38)57-45-24-12-8-20-39(45)40-21-9-13-25-46(40)57/h1-32H. The number of nitriles is 1. The van der Waals surface area contributed by atoms with Gasteiger partial charge in [-0.25, -0.2) is 15.0 Å². The average Bonchev–Trinajstić information content (AvgIpc) is 3.82. The molecule has 0 radical (unpaired) electrons. The zero-order valence-electron chi connectivity index (χ0n) is 31.2. The monoisotopic (exact) mass is 740 g/mol. The van der Waals surface area contributed by atoms with Crippen molar-refractivity contribution in [2.75, 3.05) is 0 Å². The van der Waals surface area contributed by atoms with Gasteiger partial charge in [0.2, 0.25) is 0 Å². The summed E-state index contributed by atoms with van der Waals surface area (Å²) in [6, 6.07) is 69.2. The molecule has 0 fully saturated rings. The van der Waals surface area contributed by atoms with Gasteiger partial charge in [0.15, 0.2) is 17.5 Å². The van der Waals surface area contributed by atoms with Crippen LogP contribution in [-0.2, 0) is 0 Å². The van der Waals surface area contributed by atoms with Gasteiger partial charge in [0.05, 0.1) is 45.1 Å². The maximum absolute atomic E-state index is 10.2. The minimum Gasteiger partial charge on any atom is -0.309 e. The van der Waals surface area contributed by atoms with Crippen molar-refractivity contribution in [2.24, 2.45) is 0 Å². The molecule has 0 aliphatic rings. The van der Waals surface area contributed by atoms with Gasteiger partial charge in [-0.2, -0.15) is 5.26 Å². The third kappa shape index (κ3) is 5.37. The smallest absolute Gasteiger partial charge is 0.166 e. The van der Waals surface area contributed by atoms with Crippen LogP contribution in [0.5, 0.6) is 0 Å². The van der Waals surface area contributed by atoms with Gasteiger partial charge in [0, 0.05) is 43.8 Å². The molecular formula is C52H32N6. The Hall–Kier alpha value is -8.14. The lowest BCUT2D eigenvalue weighted by atomic mass is 10.0. The molecule has 11 rings (SSSR count). The summed E-state index contributed by atoms with van der Waals surface area (Å²) in [4.78, 5) is 15.1. The topological polar surface area (TPSA) is 72.3 Å². The van der Waals surface area contributed by atoms with Crippen LogP contribution >= 0.6 is 0 Å². The van der Waals surface area contributed by atoms with Crippen LogP contribution in [-0.4, -0.2) is 24.1 Å². The average molecular weight is 741 g/mol. The second-order valence-corrected chi connectivity index (χ2v) is 14.4. The molecule has 0 saturated carbocycles. The summed E-state index contributed by atoms with van der Waals surface area (Å²) >= 11 is 0. The number of nitrogens with zero attached hydrogens (tertiary/aromatic N) is 6. The first-order chi connectivity index (χ1) is 28.7. The Balaban J connectivity index is 1.14. The predicted molar refractivity (Wildman–Crippen MR) is 235 cm³/mol. The van der Waals surface area contributed by atoms with E-state index in [1.807, 2.05) is 78.9 Å². The van der Waals surface area contributed by atoms with E-state index in [2.05, 4.69) is 130 Å². The van der Waals surface area contributed by atoms with Crippen molar-refractivity contribution in [3.8, 4) is 62.7 Å². The van der Waals surface area contributed by atoms with Crippen molar-refractivity contribution in [3.63, 3.8) is 0 Å². The van der Waals surface area contributed by atoms with Crippen LogP contribution in [0.3, 0.4) is 0 Å². The highest BCUT2D eigenvalue weighted by Crippen LogP contribution is 2.41. The van der Waals surface area contributed by atoms with Crippen LogP contribution in [0.25, 0.3) is 100 Å². The zero-order chi connectivity index (χ0) is 38.6. The van der Waals surface area contributed by atoms with Gasteiger partial charge in [-0.3, -0.25) is 0 Å². The zero-order valence-corrected chi connectivity index (χ0v) is 31.2. The molecule has 8 aromatic carbocycles. The Labute approximate surface area is 334 Å². The van der Waals surface area contributed by atoms with Crippen LogP contribution in [0.15, 0.2) is 194 Å². The second-order valence-electron chi connectivity index (χ2n) is 14.4. The molecule has 0 aliphatic carbocycles. The lowest BCUT2D eigenvalue weighted by molar-refractivity contribution is 1.06. The van der Waals surface area contributed by atoms with E-state index in [1.165, 1.54) is 21.8 Å². The molecule has 6 nitrogen and oxygen atoms in total. The van der Waals surface area contributed by atoms with Crippen molar-refractivity contribution < 1.29 is 0 Å². The molecule has 0 saturated heterocycles. The number of para-hydroxylation sites is 4. The summed E-state index contributed by atoms with van der Waals surface area (Å²) in [6.07, 6.45) is 0. The number of fused-ring (bicyclic) bond motifs is 6. The normalized spacial score (nSPS) is 11.4. The fourth-order valence-corrected chi connectivity index (χ4v) is 8.40. The van der Waals surface area contributed by atoms with Crippen LogP contribution < -0.4 is 0 Å². The third-order valence-corrected chi connectivity index (χ3v) is 11.0. The maximum Gasteiger partial charge on any atom is 0.166 e. The fourth-order valence-electron chi connectivity index (χ4n) is 8.40. The third-order valence-electron chi connectivity index (χ3n) is 11.0. The largest absolute Gasteiger partial charge is 0.309 e. The molecule has 6 heteroatoms. The highest BCUT2D eigenvalue weighted by Gasteiger charge is 2.21. The molecule has 0 unspecified atom stereocenters. The first kappa shape index (κ1) is 33.2. The van der Waals surface area contributed by atoms with Crippen molar-refractivity contribution in [2.45, 2.75) is 0 Å². The van der Waals surface area contributed by atoms with Gasteiger partial charge in [-0.1, -0.05) is 140 Å². The Morgan fingerprint density at radius 1 is 0.345 bits per heavy atom. The molecule has 0 bridgehead atoms. The van der Waals surface area contributed by atoms with E-state index in [0.717, 1.165) is 61.0 Å². The summed E-state index contributed by atoms with van der Waals surface area (Å²) in [7, 11) is 0. The Bertz CT molecular complexity index is 3300. The summed E-state index contributed by atoms with van der Waals surface area (Å²) in [5, 5.41) is 14.9. The molecule has 0 aliphatic heterocycles. The molecule has 58 heavy (non-hydrogen) atoms. The fraction of sp³-hybridized carbons (Fsp3) is 0. The van der Waals surface area contributed by atoms with Crippen LogP contribution in [0.4, 0.5) is 0 Å². The number of aromatic nitrogens is 5. The van der Waals surface area contributed by atoms with Crippen LogP contribution in [0, 0.1) is 11.3 Å². The van der Waals surface area contributed by atoms with Gasteiger partial charge in [-0.15, -0.1) is 0 Å². The number of rotatable bonds is 6. The summed E-state index contributed by atoms with van der Waals surface area (Å²) in [5.74, 6) is 1.61. The molecule has 3 heterocycles. The van der Waals surface area contributed by atoms with E-state index >= 15 is 0 Å². The van der Waals surface area contributed by atoms with E-state index in [0.29, 0.717) is 23.0 Å². The second kappa shape index (κ2) is 13.6. The molecule has 0 N–H and O–H groups in total. The number of hydrogen-bond acceptors (Lipinski definition) is 4. The lowest BCUT2D eigenvalue weighted by Gasteiger charge is -2.16. The van der Waals surface area contributed by atoms with E-state index in [4.69, 9.17) is 15.0 Å². The van der Waals surface area contributed by atoms with Gasteiger partial charge >= 0.3 is 0 Å². The molecule has 270 valence electrons. The highest BCUT2D eigenvalue weighted by atomic mass is 15.1. The quantitative estimate of drug-likeness (QED) is 0.170. The van der Waals surface area contributed by atoms with Crippen molar-refractivity contribution in [1.82, 2.24) is 24.1 Å².